The topological polar surface area (TPSA) is 46.5 Å². The Hall–Kier alpha value is -1.27. The van der Waals surface area contributed by atoms with E-state index in [1.54, 1.807) is 24.3 Å². The molecule has 0 bridgehead atoms. The highest BCUT2D eigenvalue weighted by Crippen LogP contribution is 2.25. The molecular formula is C20H25ClFNO2S. The summed E-state index contributed by atoms with van der Waals surface area (Å²) < 4.78 is 26.9. The van der Waals surface area contributed by atoms with Crippen LogP contribution in [0.2, 0.25) is 0 Å². The number of likely N-dealkylation sites (tertiary alicyclic amines) is 1. The predicted molar refractivity (Wildman–Crippen MR) is 106 cm³/mol. The first-order valence-corrected chi connectivity index (χ1v) is 9.93. The Morgan fingerprint density at radius 3 is 2.54 bits per heavy atom. The number of benzene rings is 2. The standard InChI is InChI=1S/C20H24FNO2S.ClH/c21-17(7-6-16-4-2-1-3-5-16)14-22-13-12-20(15-22)25(24)19-10-8-18(23)9-11-19;/h1-5,8-11,17,20,23H,6-7,12-15H2;1H. The second-order valence-electron chi connectivity index (χ2n) is 6.58. The van der Waals surface area contributed by atoms with Crippen molar-refractivity contribution in [2.24, 2.45) is 0 Å². The number of aryl methyl sites for hydroxylation is 1. The van der Waals surface area contributed by atoms with E-state index in [9.17, 15) is 14.0 Å². The molecule has 0 amide bonds. The van der Waals surface area contributed by atoms with Gasteiger partial charge in [0.15, 0.2) is 4.90 Å². The van der Waals surface area contributed by atoms with Crippen molar-refractivity contribution in [2.45, 2.75) is 35.6 Å². The number of halogens is 2. The second kappa shape index (κ2) is 10.2. The zero-order chi connectivity index (χ0) is 17.6. The van der Waals surface area contributed by atoms with Gasteiger partial charge in [-0.2, -0.15) is 0 Å². The maximum absolute atomic E-state index is 14.3. The van der Waals surface area contributed by atoms with Crippen LogP contribution in [0.25, 0.3) is 0 Å². The van der Waals surface area contributed by atoms with Crippen molar-refractivity contribution in [3.05, 3.63) is 60.2 Å². The average molecular weight is 398 g/mol. The third-order valence-electron chi connectivity index (χ3n) is 4.65. The smallest absolute Gasteiger partial charge is 0.153 e. The van der Waals surface area contributed by atoms with Crippen LogP contribution >= 0.6 is 12.4 Å². The molecule has 26 heavy (non-hydrogen) atoms. The summed E-state index contributed by atoms with van der Waals surface area (Å²) in [7, 11) is 0. The van der Waals surface area contributed by atoms with Gasteiger partial charge in [-0.25, -0.2) is 4.39 Å². The van der Waals surface area contributed by atoms with Crippen LogP contribution in [0.15, 0.2) is 59.5 Å². The van der Waals surface area contributed by atoms with E-state index in [2.05, 4.69) is 4.90 Å². The van der Waals surface area contributed by atoms with E-state index in [0.29, 0.717) is 19.5 Å². The van der Waals surface area contributed by atoms with Crippen LogP contribution in [0, 0.1) is 0 Å². The van der Waals surface area contributed by atoms with Gasteiger partial charge in [0.05, 0.1) is 0 Å². The van der Waals surface area contributed by atoms with E-state index in [0.717, 1.165) is 29.8 Å². The van der Waals surface area contributed by atoms with Crippen LogP contribution < -0.4 is 0 Å². The van der Waals surface area contributed by atoms with Crippen molar-refractivity contribution in [1.82, 2.24) is 4.90 Å². The summed E-state index contributed by atoms with van der Waals surface area (Å²) in [5.41, 5.74) is 1.16. The number of hydrogen-bond donors (Lipinski definition) is 1. The molecule has 1 saturated heterocycles. The van der Waals surface area contributed by atoms with E-state index in [1.807, 2.05) is 30.3 Å². The van der Waals surface area contributed by atoms with Gasteiger partial charge in [0.25, 0.3) is 0 Å². The Morgan fingerprint density at radius 1 is 1.15 bits per heavy atom. The van der Waals surface area contributed by atoms with Crippen LogP contribution in [-0.4, -0.2) is 45.6 Å². The Kier molecular flexibility index (Phi) is 8.22. The summed E-state index contributed by atoms with van der Waals surface area (Å²) in [6.45, 7) is 1.87. The van der Waals surface area contributed by atoms with Crippen LogP contribution in [-0.2, 0) is 17.6 Å². The summed E-state index contributed by atoms with van der Waals surface area (Å²) in [4.78, 5) is 2.81. The van der Waals surface area contributed by atoms with Crippen LogP contribution in [0.5, 0.6) is 5.75 Å². The molecule has 1 fully saturated rings. The zero-order valence-electron chi connectivity index (χ0n) is 14.6. The molecule has 0 radical (unpaired) electrons. The Morgan fingerprint density at radius 2 is 1.85 bits per heavy atom. The van der Waals surface area contributed by atoms with Crippen LogP contribution in [0.3, 0.4) is 0 Å². The first-order valence-electron chi connectivity index (χ1n) is 8.72. The van der Waals surface area contributed by atoms with E-state index in [-0.39, 0.29) is 23.4 Å². The number of nitrogens with zero attached hydrogens (tertiary/aromatic N) is 1. The molecule has 3 nitrogen and oxygen atoms in total. The summed E-state index contributed by atoms with van der Waals surface area (Å²) in [5.74, 6) is 0.174. The molecule has 1 aliphatic heterocycles. The minimum Gasteiger partial charge on any atom is -0.611 e. The lowest BCUT2D eigenvalue weighted by Gasteiger charge is -2.20. The maximum Gasteiger partial charge on any atom is 0.153 e. The largest absolute Gasteiger partial charge is 0.611 e. The molecule has 1 N–H and O–H groups in total. The lowest BCUT2D eigenvalue weighted by atomic mass is 10.1. The van der Waals surface area contributed by atoms with Gasteiger partial charge in [-0.3, -0.25) is 4.90 Å². The Bertz CT molecular complexity index is 659. The molecule has 2 aromatic carbocycles. The number of alkyl halides is 1. The molecule has 1 heterocycles. The van der Waals surface area contributed by atoms with Crippen molar-refractivity contribution < 1.29 is 14.0 Å². The highest BCUT2D eigenvalue weighted by Gasteiger charge is 2.33. The molecule has 0 saturated carbocycles. The number of hydrogen-bond acceptors (Lipinski definition) is 3. The normalized spacial score (nSPS) is 19.7. The molecule has 1 aliphatic rings. The monoisotopic (exact) mass is 397 g/mol. The Balaban J connectivity index is 0.00000243. The number of phenols is 1. The highest BCUT2D eigenvalue weighted by molar-refractivity contribution is 7.92. The van der Waals surface area contributed by atoms with Crippen molar-refractivity contribution in [3.8, 4) is 5.75 Å². The quantitative estimate of drug-likeness (QED) is 0.719. The van der Waals surface area contributed by atoms with Crippen molar-refractivity contribution >= 4 is 23.6 Å². The van der Waals surface area contributed by atoms with Gasteiger partial charge in [0.1, 0.15) is 17.2 Å². The van der Waals surface area contributed by atoms with E-state index >= 15 is 0 Å². The summed E-state index contributed by atoms with van der Waals surface area (Å²) >= 11 is -1.11. The molecule has 3 unspecified atom stereocenters. The zero-order valence-corrected chi connectivity index (χ0v) is 16.2. The van der Waals surface area contributed by atoms with Crippen LogP contribution in [0.4, 0.5) is 4.39 Å². The molecule has 0 aromatic heterocycles. The fourth-order valence-corrected chi connectivity index (χ4v) is 4.70. The molecule has 2 aromatic rings. The van der Waals surface area contributed by atoms with Gasteiger partial charge in [-0.15, -0.1) is 12.4 Å². The first kappa shape index (κ1) is 21.0. The van der Waals surface area contributed by atoms with E-state index < -0.39 is 17.3 Å². The van der Waals surface area contributed by atoms with Crippen LogP contribution in [0.1, 0.15) is 18.4 Å². The molecular weight excluding hydrogens is 373 g/mol. The van der Waals surface area contributed by atoms with Gasteiger partial charge in [-0.05, 0) is 53.8 Å². The van der Waals surface area contributed by atoms with Gasteiger partial charge >= 0.3 is 0 Å². The summed E-state index contributed by atoms with van der Waals surface area (Å²) in [6, 6.07) is 16.5. The Labute approximate surface area is 163 Å². The third-order valence-corrected chi connectivity index (χ3v) is 6.37. The minimum absolute atomic E-state index is 0. The molecule has 0 spiro atoms. The number of aromatic hydroxyl groups is 1. The lowest BCUT2D eigenvalue weighted by Crippen LogP contribution is -2.31. The van der Waals surface area contributed by atoms with Gasteiger partial charge < -0.3 is 9.66 Å². The van der Waals surface area contributed by atoms with E-state index in [1.165, 1.54) is 0 Å². The van der Waals surface area contributed by atoms with Crippen molar-refractivity contribution in [3.63, 3.8) is 0 Å². The fraction of sp³-hybridized carbons (Fsp3) is 0.400. The lowest BCUT2D eigenvalue weighted by molar-refractivity contribution is 0.211. The molecule has 3 atom stereocenters. The van der Waals surface area contributed by atoms with E-state index in [4.69, 9.17) is 0 Å². The van der Waals surface area contributed by atoms with Gasteiger partial charge in [0, 0.05) is 26.1 Å². The minimum atomic E-state index is -1.11. The average Bonchev–Trinajstić information content (AvgIpc) is 3.09. The van der Waals surface area contributed by atoms with Gasteiger partial charge in [-0.1, -0.05) is 30.3 Å². The van der Waals surface area contributed by atoms with Gasteiger partial charge in [0.2, 0.25) is 0 Å². The maximum atomic E-state index is 14.3. The fourth-order valence-electron chi connectivity index (χ4n) is 3.25. The molecule has 142 valence electrons. The van der Waals surface area contributed by atoms with Crippen molar-refractivity contribution in [1.29, 1.82) is 0 Å². The molecule has 0 aliphatic carbocycles. The SMILES string of the molecule is Cl.[O-][S+](c1ccc(O)cc1)C1CCN(CC(F)CCc2ccccc2)C1. The van der Waals surface area contributed by atoms with Crippen molar-refractivity contribution in [2.75, 3.05) is 19.6 Å². The summed E-state index contributed by atoms with van der Waals surface area (Å²) in [5, 5.41) is 9.36. The predicted octanol–water partition coefficient (Wildman–Crippen LogP) is 3.97. The summed E-state index contributed by atoms with van der Waals surface area (Å²) in [6.07, 6.45) is 1.23. The first-order chi connectivity index (χ1) is 12.1. The second-order valence-corrected chi connectivity index (χ2v) is 8.32. The number of phenolic OH excluding ortho intramolecular Hbond substituents is 1. The molecule has 3 rings (SSSR count). The third kappa shape index (κ3) is 5.88. The highest BCUT2D eigenvalue weighted by atomic mass is 35.5. The molecule has 6 heteroatoms. The number of rotatable bonds is 7.